The fourth-order valence-electron chi connectivity index (χ4n) is 2.07. The smallest absolute Gasteiger partial charge is 0.228 e. The average molecular weight is 249 g/mol. The molecule has 3 nitrogen and oxygen atoms in total. The summed E-state index contributed by atoms with van der Waals surface area (Å²) < 4.78 is 13.4. The van der Waals surface area contributed by atoms with Gasteiger partial charge in [0, 0.05) is 12.5 Å². The Morgan fingerprint density at radius 2 is 2.22 bits per heavy atom. The molecule has 0 fully saturated rings. The van der Waals surface area contributed by atoms with Gasteiger partial charge < -0.3 is 10.4 Å². The van der Waals surface area contributed by atoms with Crippen LogP contribution in [0.25, 0.3) is 0 Å². The van der Waals surface area contributed by atoms with Crippen LogP contribution in [-0.4, -0.2) is 11.0 Å². The highest BCUT2D eigenvalue weighted by atomic mass is 19.1. The molecular weight excluding hydrogens is 233 g/mol. The Balaban J connectivity index is 1.96. The zero-order valence-corrected chi connectivity index (χ0v) is 10.1. The third kappa shape index (κ3) is 3.32. The van der Waals surface area contributed by atoms with Crippen molar-refractivity contribution in [2.75, 3.05) is 5.32 Å². The van der Waals surface area contributed by atoms with E-state index < -0.39 is 5.82 Å². The second-order valence-corrected chi connectivity index (χ2v) is 4.50. The SMILES string of the molecule is O=C(CC1=CCCCC1)Nc1ccc(O)cc1F. The quantitative estimate of drug-likeness (QED) is 0.637. The molecule has 1 amide bonds. The van der Waals surface area contributed by atoms with Crippen molar-refractivity contribution >= 4 is 11.6 Å². The van der Waals surface area contributed by atoms with Gasteiger partial charge in [-0.3, -0.25) is 4.79 Å². The number of carbonyl (C=O) groups is 1. The zero-order chi connectivity index (χ0) is 13.0. The van der Waals surface area contributed by atoms with E-state index in [-0.39, 0.29) is 17.3 Å². The molecule has 0 saturated heterocycles. The molecule has 0 saturated carbocycles. The lowest BCUT2D eigenvalue weighted by Crippen LogP contribution is -2.14. The molecule has 4 heteroatoms. The van der Waals surface area contributed by atoms with Crippen LogP contribution in [0.15, 0.2) is 29.8 Å². The maximum atomic E-state index is 13.4. The summed E-state index contributed by atoms with van der Waals surface area (Å²) in [5.74, 6) is -0.991. The molecule has 2 N–H and O–H groups in total. The second-order valence-electron chi connectivity index (χ2n) is 4.50. The highest BCUT2D eigenvalue weighted by Crippen LogP contribution is 2.22. The Hall–Kier alpha value is -1.84. The number of hydrogen-bond acceptors (Lipinski definition) is 2. The van der Waals surface area contributed by atoms with Crippen LogP contribution in [0.2, 0.25) is 0 Å². The molecule has 0 unspecified atom stereocenters. The molecule has 96 valence electrons. The molecule has 0 aliphatic heterocycles. The van der Waals surface area contributed by atoms with E-state index in [2.05, 4.69) is 11.4 Å². The van der Waals surface area contributed by atoms with E-state index in [0.29, 0.717) is 6.42 Å². The molecule has 1 aromatic carbocycles. The first-order valence-electron chi connectivity index (χ1n) is 6.11. The van der Waals surface area contributed by atoms with Gasteiger partial charge in [0.05, 0.1) is 5.69 Å². The number of phenols is 1. The van der Waals surface area contributed by atoms with Crippen molar-refractivity contribution in [2.24, 2.45) is 0 Å². The molecule has 0 atom stereocenters. The highest BCUT2D eigenvalue weighted by Gasteiger charge is 2.11. The van der Waals surface area contributed by atoms with Crippen LogP contribution in [0.1, 0.15) is 32.1 Å². The van der Waals surface area contributed by atoms with Gasteiger partial charge in [0.25, 0.3) is 0 Å². The Morgan fingerprint density at radius 3 is 2.89 bits per heavy atom. The molecule has 0 bridgehead atoms. The summed E-state index contributed by atoms with van der Waals surface area (Å²) in [7, 11) is 0. The molecule has 18 heavy (non-hydrogen) atoms. The number of carbonyl (C=O) groups excluding carboxylic acids is 1. The molecule has 1 aromatic rings. The summed E-state index contributed by atoms with van der Waals surface area (Å²) in [5.41, 5.74) is 1.23. The predicted octanol–water partition coefficient (Wildman–Crippen LogP) is 3.36. The molecule has 0 radical (unpaired) electrons. The predicted molar refractivity (Wildman–Crippen MR) is 67.9 cm³/mol. The number of halogens is 1. The Kier molecular flexibility index (Phi) is 3.97. The molecule has 0 aromatic heterocycles. The molecule has 1 aliphatic rings. The number of rotatable bonds is 3. The number of benzene rings is 1. The first-order valence-corrected chi connectivity index (χ1v) is 6.11. The number of hydrogen-bond donors (Lipinski definition) is 2. The number of anilines is 1. The van der Waals surface area contributed by atoms with Gasteiger partial charge in [-0.1, -0.05) is 11.6 Å². The summed E-state index contributed by atoms with van der Waals surface area (Å²) in [6, 6.07) is 3.69. The molecule has 1 aliphatic carbocycles. The minimum absolute atomic E-state index is 0.106. The second kappa shape index (κ2) is 5.67. The van der Waals surface area contributed by atoms with Crippen LogP contribution in [0.3, 0.4) is 0 Å². The third-order valence-corrected chi connectivity index (χ3v) is 3.00. The monoisotopic (exact) mass is 249 g/mol. The number of allylic oxidation sites excluding steroid dienone is 1. The highest BCUT2D eigenvalue weighted by molar-refractivity contribution is 5.92. The number of aromatic hydroxyl groups is 1. The Labute approximate surface area is 105 Å². The third-order valence-electron chi connectivity index (χ3n) is 3.00. The van der Waals surface area contributed by atoms with Gasteiger partial charge in [0.15, 0.2) is 0 Å². The van der Waals surface area contributed by atoms with Gasteiger partial charge in [-0.15, -0.1) is 0 Å². The van der Waals surface area contributed by atoms with Gasteiger partial charge in [-0.2, -0.15) is 0 Å². The van der Waals surface area contributed by atoms with Crippen LogP contribution < -0.4 is 5.32 Å². The van der Waals surface area contributed by atoms with Gasteiger partial charge in [0.2, 0.25) is 5.91 Å². The van der Waals surface area contributed by atoms with Crippen molar-refractivity contribution in [1.29, 1.82) is 0 Å². The average Bonchev–Trinajstić information content (AvgIpc) is 2.34. The number of amides is 1. The van der Waals surface area contributed by atoms with Crippen molar-refractivity contribution in [1.82, 2.24) is 0 Å². The minimum Gasteiger partial charge on any atom is -0.508 e. The van der Waals surface area contributed by atoms with E-state index in [1.54, 1.807) is 0 Å². The summed E-state index contributed by atoms with van der Waals surface area (Å²) in [4.78, 5) is 11.7. The maximum Gasteiger partial charge on any atom is 0.228 e. The summed E-state index contributed by atoms with van der Waals surface area (Å²) in [5, 5.41) is 11.6. The lowest BCUT2D eigenvalue weighted by atomic mass is 9.97. The fraction of sp³-hybridized carbons (Fsp3) is 0.357. The van der Waals surface area contributed by atoms with Crippen molar-refractivity contribution in [2.45, 2.75) is 32.1 Å². The van der Waals surface area contributed by atoms with Crippen molar-refractivity contribution in [3.05, 3.63) is 35.7 Å². The van der Waals surface area contributed by atoms with Gasteiger partial charge in [0.1, 0.15) is 11.6 Å². The first kappa shape index (κ1) is 12.6. The van der Waals surface area contributed by atoms with Crippen LogP contribution in [0.5, 0.6) is 5.75 Å². The van der Waals surface area contributed by atoms with Gasteiger partial charge in [-0.25, -0.2) is 4.39 Å². The number of phenolic OH excluding ortho intramolecular Hbond substituents is 1. The molecule has 0 spiro atoms. The van der Waals surface area contributed by atoms with Crippen LogP contribution >= 0.6 is 0 Å². The summed E-state index contributed by atoms with van der Waals surface area (Å²) in [6.45, 7) is 0. The molecule has 2 rings (SSSR count). The molecular formula is C14H16FNO2. The van der Waals surface area contributed by atoms with Gasteiger partial charge in [-0.05, 0) is 37.8 Å². The van der Waals surface area contributed by atoms with Crippen molar-refractivity contribution in [3.63, 3.8) is 0 Å². The van der Waals surface area contributed by atoms with Crippen molar-refractivity contribution < 1.29 is 14.3 Å². The normalized spacial score (nSPS) is 15.1. The van der Waals surface area contributed by atoms with Crippen LogP contribution in [0, 0.1) is 5.82 Å². The number of nitrogens with one attached hydrogen (secondary N) is 1. The topological polar surface area (TPSA) is 49.3 Å². The van der Waals surface area contributed by atoms with E-state index in [1.807, 2.05) is 0 Å². The minimum atomic E-state index is -0.624. The van der Waals surface area contributed by atoms with E-state index >= 15 is 0 Å². The summed E-state index contributed by atoms with van der Waals surface area (Å²) in [6.07, 6.45) is 6.68. The van der Waals surface area contributed by atoms with Gasteiger partial charge >= 0.3 is 0 Å². The summed E-state index contributed by atoms with van der Waals surface area (Å²) >= 11 is 0. The van der Waals surface area contributed by atoms with E-state index in [0.717, 1.165) is 30.9 Å². The maximum absolute atomic E-state index is 13.4. The zero-order valence-electron chi connectivity index (χ0n) is 10.1. The largest absolute Gasteiger partial charge is 0.508 e. The first-order chi connectivity index (χ1) is 8.65. The molecule has 0 heterocycles. The lowest BCUT2D eigenvalue weighted by molar-refractivity contribution is -0.115. The van der Waals surface area contributed by atoms with E-state index in [9.17, 15) is 9.18 Å². The Morgan fingerprint density at radius 1 is 1.39 bits per heavy atom. The fourth-order valence-corrected chi connectivity index (χ4v) is 2.07. The van der Waals surface area contributed by atoms with E-state index in [1.165, 1.54) is 18.6 Å². The lowest BCUT2D eigenvalue weighted by Gasteiger charge is -2.12. The van der Waals surface area contributed by atoms with Crippen LogP contribution in [-0.2, 0) is 4.79 Å². The standard InChI is InChI=1S/C14H16FNO2/c15-12-9-11(17)6-7-13(12)16-14(18)8-10-4-2-1-3-5-10/h4,6-7,9,17H,1-3,5,8H2,(H,16,18). The van der Waals surface area contributed by atoms with Crippen molar-refractivity contribution in [3.8, 4) is 5.75 Å². The van der Waals surface area contributed by atoms with E-state index in [4.69, 9.17) is 5.11 Å². The van der Waals surface area contributed by atoms with Crippen LogP contribution in [0.4, 0.5) is 10.1 Å². The Bertz CT molecular complexity index is 483.